The molecular formula is C22H16BrF5N8. The van der Waals surface area contributed by atoms with Crippen LogP contribution >= 0.6 is 15.9 Å². The van der Waals surface area contributed by atoms with Gasteiger partial charge in [0, 0.05) is 52.4 Å². The number of fused-ring (bicyclic) bond motifs is 1. The summed E-state index contributed by atoms with van der Waals surface area (Å²) in [6.07, 6.45) is 0.951. The number of halogens is 6. The Labute approximate surface area is 208 Å². The first-order chi connectivity index (χ1) is 17.0. The fourth-order valence-electron chi connectivity index (χ4n) is 3.57. The zero-order valence-electron chi connectivity index (χ0n) is 18.3. The Morgan fingerprint density at radius 1 is 1.19 bits per heavy atom. The highest BCUT2D eigenvalue weighted by Crippen LogP contribution is 2.42. The number of aromatic nitrogens is 5. The average Bonchev–Trinajstić information content (AvgIpc) is 3.13. The predicted octanol–water partition coefficient (Wildman–Crippen LogP) is 5.58. The number of nitrogen functional groups attached to an aromatic ring is 1. The second kappa shape index (κ2) is 9.60. The second-order valence-electron chi connectivity index (χ2n) is 7.55. The summed E-state index contributed by atoms with van der Waals surface area (Å²) >= 11 is 3.49. The largest absolute Gasteiger partial charge is 0.451 e. The van der Waals surface area contributed by atoms with E-state index in [9.17, 15) is 22.0 Å². The molecule has 4 aromatic rings. The van der Waals surface area contributed by atoms with E-state index >= 15 is 0 Å². The van der Waals surface area contributed by atoms with E-state index in [0.29, 0.717) is 21.3 Å². The van der Waals surface area contributed by atoms with Crippen LogP contribution in [-0.4, -0.2) is 30.8 Å². The highest BCUT2D eigenvalue weighted by molar-refractivity contribution is 9.10. The van der Waals surface area contributed by atoms with Gasteiger partial charge in [-0.25, -0.2) is 28.2 Å². The maximum atomic E-state index is 14.0. The molecule has 14 heteroatoms. The molecule has 0 radical (unpaired) electrons. The molecule has 0 spiro atoms. The lowest BCUT2D eigenvalue weighted by atomic mass is 9.98. The zero-order chi connectivity index (χ0) is 26.2. The molecular weight excluding hydrogens is 551 g/mol. The molecule has 1 unspecified atom stereocenters. The maximum absolute atomic E-state index is 14.0. The van der Waals surface area contributed by atoms with Gasteiger partial charge in [0.25, 0.3) is 0 Å². The van der Waals surface area contributed by atoms with Crippen molar-refractivity contribution < 1.29 is 22.0 Å². The Balaban J connectivity index is 1.82. The SMILES string of the molecule is CC(/C(C=N)=C/Nc1ccc(F)cc1F)c1c(Br)c(-c2cnc(C(F)(F)F)nc2)c2c(N)ncnn12. The minimum absolute atomic E-state index is 0.00352. The minimum atomic E-state index is -4.71. The summed E-state index contributed by atoms with van der Waals surface area (Å²) in [6.45, 7) is 1.73. The Morgan fingerprint density at radius 3 is 2.50 bits per heavy atom. The average molecular weight is 567 g/mol. The second-order valence-corrected chi connectivity index (χ2v) is 8.34. The summed E-state index contributed by atoms with van der Waals surface area (Å²) in [6, 6.07) is 3.02. The van der Waals surface area contributed by atoms with Crippen LogP contribution in [0.25, 0.3) is 16.6 Å². The van der Waals surface area contributed by atoms with E-state index in [-0.39, 0.29) is 22.6 Å². The van der Waals surface area contributed by atoms with Crippen LogP contribution < -0.4 is 11.1 Å². The molecule has 0 amide bonds. The normalized spacial score (nSPS) is 13.1. The number of nitrogens with zero attached hydrogens (tertiary/aromatic N) is 5. The standard InChI is InChI=1S/C22H16BrF5N8/c1-10(11(5-29)6-31-15-3-2-13(24)4-14(15)25)18-17(23)16(19-20(30)34-9-35-36(18)19)12-7-32-21(33-8-12)22(26,27)28/h2-10,29,31H,1H3,(H2,30,34,35)/b11-6+,29-5?. The smallest absolute Gasteiger partial charge is 0.382 e. The quantitative estimate of drug-likeness (QED) is 0.207. The molecule has 1 atom stereocenters. The first-order valence-corrected chi connectivity index (χ1v) is 10.9. The molecule has 1 aromatic carbocycles. The van der Waals surface area contributed by atoms with Crippen molar-refractivity contribution in [3.05, 3.63) is 76.3 Å². The number of hydrogen-bond donors (Lipinski definition) is 3. The highest BCUT2D eigenvalue weighted by atomic mass is 79.9. The van der Waals surface area contributed by atoms with Crippen LogP contribution in [-0.2, 0) is 6.18 Å². The van der Waals surface area contributed by atoms with Gasteiger partial charge in [-0.15, -0.1) is 0 Å². The van der Waals surface area contributed by atoms with Gasteiger partial charge in [0.05, 0.1) is 11.4 Å². The number of alkyl halides is 3. The van der Waals surface area contributed by atoms with Crippen molar-refractivity contribution in [1.82, 2.24) is 24.6 Å². The van der Waals surface area contributed by atoms with Gasteiger partial charge >= 0.3 is 6.18 Å². The lowest BCUT2D eigenvalue weighted by Gasteiger charge is -2.14. The van der Waals surface area contributed by atoms with Gasteiger partial charge in [-0.1, -0.05) is 6.92 Å². The lowest BCUT2D eigenvalue weighted by molar-refractivity contribution is -0.144. The molecule has 3 aromatic heterocycles. The van der Waals surface area contributed by atoms with E-state index in [1.165, 1.54) is 23.1 Å². The van der Waals surface area contributed by atoms with Gasteiger partial charge in [0.1, 0.15) is 23.5 Å². The van der Waals surface area contributed by atoms with Crippen molar-refractivity contribution in [3.63, 3.8) is 0 Å². The summed E-state index contributed by atoms with van der Waals surface area (Å²) in [5.41, 5.74) is 7.79. The molecule has 8 nitrogen and oxygen atoms in total. The summed E-state index contributed by atoms with van der Waals surface area (Å²) in [5.74, 6) is -3.37. The van der Waals surface area contributed by atoms with Crippen molar-refractivity contribution in [2.24, 2.45) is 0 Å². The van der Waals surface area contributed by atoms with Crippen LogP contribution in [0.5, 0.6) is 0 Å². The van der Waals surface area contributed by atoms with Gasteiger partial charge < -0.3 is 16.5 Å². The molecule has 4 N–H and O–H groups in total. The number of rotatable bonds is 6. The number of allylic oxidation sites excluding steroid dienone is 1. The van der Waals surface area contributed by atoms with Crippen molar-refractivity contribution in [1.29, 1.82) is 5.41 Å². The molecule has 0 aliphatic rings. The molecule has 36 heavy (non-hydrogen) atoms. The first kappa shape index (κ1) is 25.2. The summed E-state index contributed by atoms with van der Waals surface area (Å²) in [7, 11) is 0. The molecule has 0 saturated heterocycles. The van der Waals surface area contributed by atoms with Crippen LogP contribution in [0.2, 0.25) is 0 Å². The third-order valence-electron chi connectivity index (χ3n) is 5.32. The lowest BCUT2D eigenvalue weighted by Crippen LogP contribution is -2.10. The minimum Gasteiger partial charge on any atom is -0.382 e. The Kier molecular flexibility index (Phi) is 6.71. The number of nitrogens with two attached hydrogens (primary N) is 1. The van der Waals surface area contributed by atoms with E-state index in [1.807, 2.05) is 0 Å². The molecule has 0 aliphatic carbocycles. The highest BCUT2D eigenvalue weighted by Gasteiger charge is 2.35. The fraction of sp³-hybridized carbons (Fsp3) is 0.136. The topological polar surface area (TPSA) is 118 Å². The third kappa shape index (κ3) is 4.63. The van der Waals surface area contributed by atoms with E-state index in [1.54, 1.807) is 6.92 Å². The predicted molar refractivity (Wildman–Crippen MR) is 126 cm³/mol. The fourth-order valence-corrected chi connectivity index (χ4v) is 4.49. The molecule has 186 valence electrons. The van der Waals surface area contributed by atoms with E-state index < -0.39 is 29.6 Å². The molecule has 0 bridgehead atoms. The summed E-state index contributed by atoms with van der Waals surface area (Å²) in [4.78, 5) is 10.8. The zero-order valence-corrected chi connectivity index (χ0v) is 19.9. The Hall–Kier alpha value is -3.94. The molecule has 0 saturated carbocycles. The van der Waals surface area contributed by atoms with Crippen molar-refractivity contribution in [3.8, 4) is 11.1 Å². The number of benzene rings is 1. The van der Waals surface area contributed by atoms with Gasteiger partial charge in [-0.2, -0.15) is 18.3 Å². The number of anilines is 2. The molecule has 3 heterocycles. The summed E-state index contributed by atoms with van der Waals surface area (Å²) < 4.78 is 67.9. The van der Waals surface area contributed by atoms with Crippen LogP contribution in [0.3, 0.4) is 0 Å². The summed E-state index contributed by atoms with van der Waals surface area (Å²) in [5, 5.41) is 14.8. The van der Waals surface area contributed by atoms with Crippen LogP contribution in [0.15, 0.2) is 53.2 Å². The van der Waals surface area contributed by atoms with Crippen molar-refractivity contribution in [2.75, 3.05) is 11.1 Å². The maximum Gasteiger partial charge on any atom is 0.451 e. The monoisotopic (exact) mass is 566 g/mol. The molecule has 4 rings (SSSR count). The van der Waals surface area contributed by atoms with Crippen LogP contribution in [0.4, 0.5) is 33.5 Å². The van der Waals surface area contributed by atoms with Gasteiger partial charge in [-0.3, -0.25) is 0 Å². The Morgan fingerprint density at radius 2 is 1.89 bits per heavy atom. The van der Waals surface area contributed by atoms with Crippen molar-refractivity contribution >= 4 is 39.2 Å². The van der Waals surface area contributed by atoms with E-state index in [4.69, 9.17) is 11.1 Å². The first-order valence-electron chi connectivity index (χ1n) is 10.1. The van der Waals surface area contributed by atoms with E-state index in [2.05, 4.69) is 41.3 Å². The number of nitrogens with one attached hydrogen (secondary N) is 2. The van der Waals surface area contributed by atoms with Gasteiger partial charge in [0.2, 0.25) is 5.82 Å². The third-order valence-corrected chi connectivity index (χ3v) is 6.13. The van der Waals surface area contributed by atoms with Crippen LogP contribution in [0.1, 0.15) is 24.4 Å². The Bertz CT molecular complexity index is 1480. The number of hydrogen-bond acceptors (Lipinski definition) is 7. The van der Waals surface area contributed by atoms with Gasteiger partial charge in [-0.05, 0) is 33.6 Å². The molecule has 0 fully saturated rings. The van der Waals surface area contributed by atoms with Crippen molar-refractivity contribution in [2.45, 2.75) is 19.0 Å². The molecule has 0 aliphatic heterocycles. The van der Waals surface area contributed by atoms with Gasteiger partial charge in [0.15, 0.2) is 5.82 Å². The van der Waals surface area contributed by atoms with E-state index in [0.717, 1.165) is 30.7 Å². The van der Waals surface area contributed by atoms with Crippen LogP contribution in [0, 0.1) is 17.0 Å².